The summed E-state index contributed by atoms with van der Waals surface area (Å²) in [6.07, 6.45) is 5.47. The molecule has 0 saturated heterocycles. The predicted molar refractivity (Wildman–Crippen MR) is 56.5 cm³/mol. The lowest BCUT2D eigenvalue weighted by Crippen LogP contribution is -1.89. The highest BCUT2D eigenvalue weighted by atomic mass is 35.5. The first kappa shape index (κ1) is 9.42. The highest BCUT2D eigenvalue weighted by molar-refractivity contribution is 7.80. The molecule has 0 aromatic carbocycles. The van der Waals surface area contributed by atoms with Crippen LogP contribution in [0.2, 0.25) is 5.15 Å². The van der Waals surface area contributed by atoms with Gasteiger partial charge in [0.05, 0.1) is 5.69 Å². The number of nitrogen functional groups attached to an aromatic ring is 1. The number of nitrogens with two attached hydrogens (primary N) is 1. The van der Waals surface area contributed by atoms with Crippen molar-refractivity contribution in [3.8, 4) is 0 Å². The third-order valence-corrected chi connectivity index (χ3v) is 1.83. The van der Waals surface area contributed by atoms with Crippen molar-refractivity contribution >= 4 is 36.0 Å². The smallest absolute Gasteiger partial charge is 0.151 e. The van der Waals surface area contributed by atoms with E-state index < -0.39 is 0 Å². The number of anilines is 1. The van der Waals surface area contributed by atoms with Gasteiger partial charge in [0.2, 0.25) is 0 Å². The van der Waals surface area contributed by atoms with Crippen LogP contribution in [-0.2, 0) is 0 Å². The van der Waals surface area contributed by atoms with E-state index in [-0.39, 0.29) is 0 Å². The molecule has 0 saturated carbocycles. The van der Waals surface area contributed by atoms with E-state index in [0.717, 1.165) is 5.56 Å². The van der Waals surface area contributed by atoms with Gasteiger partial charge in [-0.15, -0.1) is 0 Å². The van der Waals surface area contributed by atoms with Crippen molar-refractivity contribution in [2.75, 3.05) is 11.5 Å². The van der Waals surface area contributed by atoms with Gasteiger partial charge in [0.15, 0.2) is 5.15 Å². The highest BCUT2D eigenvalue weighted by Gasteiger charge is 1.95. The number of aromatic nitrogens is 1. The van der Waals surface area contributed by atoms with Crippen molar-refractivity contribution in [2.45, 2.75) is 0 Å². The molecule has 0 unspecified atom stereocenters. The van der Waals surface area contributed by atoms with E-state index in [1.165, 1.54) is 0 Å². The van der Waals surface area contributed by atoms with Gasteiger partial charge in [-0.1, -0.05) is 23.8 Å². The minimum Gasteiger partial charge on any atom is -0.396 e. The van der Waals surface area contributed by atoms with Crippen molar-refractivity contribution in [1.29, 1.82) is 0 Å². The molecule has 1 aromatic heterocycles. The molecule has 64 valence electrons. The van der Waals surface area contributed by atoms with Gasteiger partial charge >= 0.3 is 0 Å². The fourth-order valence-electron chi connectivity index (χ4n) is 0.762. The van der Waals surface area contributed by atoms with Gasteiger partial charge in [-0.25, -0.2) is 4.98 Å². The molecule has 2 N–H and O–H groups in total. The maximum atomic E-state index is 5.64. The van der Waals surface area contributed by atoms with E-state index in [0.29, 0.717) is 16.6 Å². The van der Waals surface area contributed by atoms with E-state index in [4.69, 9.17) is 17.3 Å². The third kappa shape index (κ3) is 2.43. The van der Waals surface area contributed by atoms with Crippen LogP contribution in [0, 0.1) is 0 Å². The zero-order chi connectivity index (χ0) is 8.97. The van der Waals surface area contributed by atoms with E-state index in [2.05, 4.69) is 17.6 Å². The summed E-state index contributed by atoms with van der Waals surface area (Å²) in [6.45, 7) is 0. The molecule has 1 rings (SSSR count). The second-order valence-corrected chi connectivity index (χ2v) is 2.96. The molecule has 0 amide bonds. The fourth-order valence-corrected chi connectivity index (χ4v) is 0.971. The number of nitrogens with zero attached hydrogens (tertiary/aromatic N) is 1. The van der Waals surface area contributed by atoms with Gasteiger partial charge in [0, 0.05) is 11.9 Å². The van der Waals surface area contributed by atoms with Gasteiger partial charge in [0.1, 0.15) is 0 Å². The molecule has 0 aliphatic rings. The van der Waals surface area contributed by atoms with Crippen LogP contribution in [0.25, 0.3) is 6.08 Å². The highest BCUT2D eigenvalue weighted by Crippen LogP contribution is 2.16. The Hall–Kier alpha value is -0.670. The summed E-state index contributed by atoms with van der Waals surface area (Å²) < 4.78 is 0. The average molecular weight is 201 g/mol. The van der Waals surface area contributed by atoms with Crippen LogP contribution in [0.1, 0.15) is 5.56 Å². The molecule has 2 nitrogen and oxygen atoms in total. The topological polar surface area (TPSA) is 38.9 Å². The molecule has 0 fully saturated rings. The van der Waals surface area contributed by atoms with Crippen molar-refractivity contribution < 1.29 is 0 Å². The molecule has 0 radical (unpaired) electrons. The van der Waals surface area contributed by atoms with E-state index >= 15 is 0 Å². The van der Waals surface area contributed by atoms with Gasteiger partial charge in [0.25, 0.3) is 0 Å². The van der Waals surface area contributed by atoms with Gasteiger partial charge in [-0.2, -0.15) is 12.6 Å². The van der Waals surface area contributed by atoms with Crippen LogP contribution in [-0.4, -0.2) is 10.7 Å². The van der Waals surface area contributed by atoms with Gasteiger partial charge in [-0.3, -0.25) is 0 Å². The normalized spacial score (nSPS) is 10.8. The summed E-state index contributed by atoms with van der Waals surface area (Å²) in [6, 6.07) is 1.77. The first-order chi connectivity index (χ1) is 5.74. The summed E-state index contributed by atoms with van der Waals surface area (Å²) in [7, 11) is 0. The van der Waals surface area contributed by atoms with E-state index in [9.17, 15) is 0 Å². The van der Waals surface area contributed by atoms with Crippen molar-refractivity contribution in [3.63, 3.8) is 0 Å². The van der Waals surface area contributed by atoms with Gasteiger partial charge < -0.3 is 5.73 Å². The van der Waals surface area contributed by atoms with Crippen LogP contribution >= 0.6 is 24.2 Å². The summed E-state index contributed by atoms with van der Waals surface area (Å²) in [5, 5.41) is 0.345. The molecule has 0 aliphatic heterocycles. The first-order valence-electron chi connectivity index (χ1n) is 3.42. The molecule has 1 aromatic rings. The number of thiol groups is 1. The third-order valence-electron chi connectivity index (χ3n) is 1.30. The summed E-state index contributed by atoms with van der Waals surface area (Å²) in [5.74, 6) is 0.697. The Bertz CT molecular complexity index is 299. The van der Waals surface area contributed by atoms with Crippen LogP contribution < -0.4 is 5.73 Å². The molecule has 0 aliphatic carbocycles. The second-order valence-electron chi connectivity index (χ2n) is 2.23. The van der Waals surface area contributed by atoms with Gasteiger partial charge in [-0.05, 0) is 11.6 Å². The molecule has 4 heteroatoms. The Morgan fingerprint density at radius 2 is 2.42 bits per heavy atom. The Labute approximate surface area is 81.9 Å². The predicted octanol–water partition coefficient (Wildman–Crippen LogP) is 2.26. The number of hydrogen-bond acceptors (Lipinski definition) is 3. The lowest BCUT2D eigenvalue weighted by atomic mass is 10.2. The average Bonchev–Trinajstić information content (AvgIpc) is 2.07. The standard InChI is InChI=1S/C8H9ClN2S/c9-8-7(10)4-6(5-11-8)2-1-3-12/h1-2,4-5,12H,3,10H2. The SMILES string of the molecule is Nc1cc(C=CCS)cnc1Cl. The summed E-state index contributed by atoms with van der Waals surface area (Å²) >= 11 is 9.67. The Balaban J connectivity index is 2.89. The van der Waals surface area contributed by atoms with Crippen molar-refractivity contribution in [3.05, 3.63) is 29.1 Å². The maximum Gasteiger partial charge on any atom is 0.151 e. The molecular weight excluding hydrogens is 192 g/mol. The summed E-state index contributed by atoms with van der Waals surface area (Å²) in [5.41, 5.74) is 6.98. The molecule has 1 heterocycles. The zero-order valence-corrected chi connectivity index (χ0v) is 8.02. The van der Waals surface area contributed by atoms with Crippen LogP contribution in [0.4, 0.5) is 5.69 Å². The Morgan fingerprint density at radius 3 is 3.00 bits per heavy atom. The summed E-state index contributed by atoms with van der Waals surface area (Å²) in [4.78, 5) is 3.90. The lowest BCUT2D eigenvalue weighted by Gasteiger charge is -1.97. The molecule has 0 atom stereocenters. The van der Waals surface area contributed by atoms with E-state index in [1.54, 1.807) is 12.3 Å². The first-order valence-corrected chi connectivity index (χ1v) is 4.43. The van der Waals surface area contributed by atoms with E-state index in [1.807, 2.05) is 12.2 Å². The number of rotatable bonds is 2. The largest absolute Gasteiger partial charge is 0.396 e. The number of halogens is 1. The van der Waals surface area contributed by atoms with Crippen molar-refractivity contribution in [2.24, 2.45) is 0 Å². The maximum absolute atomic E-state index is 5.64. The molecular formula is C8H9ClN2S. The van der Waals surface area contributed by atoms with Crippen LogP contribution in [0.3, 0.4) is 0 Å². The minimum absolute atomic E-state index is 0.345. The Kier molecular flexibility index (Phi) is 3.44. The monoisotopic (exact) mass is 200 g/mol. The Morgan fingerprint density at radius 1 is 1.67 bits per heavy atom. The minimum atomic E-state index is 0.345. The number of hydrogen-bond donors (Lipinski definition) is 2. The molecule has 12 heavy (non-hydrogen) atoms. The molecule has 0 bridgehead atoms. The lowest BCUT2D eigenvalue weighted by molar-refractivity contribution is 1.32. The fraction of sp³-hybridized carbons (Fsp3) is 0.125. The number of pyridine rings is 1. The van der Waals surface area contributed by atoms with Crippen LogP contribution in [0.15, 0.2) is 18.3 Å². The molecule has 0 spiro atoms. The zero-order valence-electron chi connectivity index (χ0n) is 6.37. The quantitative estimate of drug-likeness (QED) is 0.568. The second kappa shape index (κ2) is 4.38. The van der Waals surface area contributed by atoms with Crippen molar-refractivity contribution in [1.82, 2.24) is 4.98 Å². The van der Waals surface area contributed by atoms with Crippen LogP contribution in [0.5, 0.6) is 0 Å².